The highest BCUT2D eigenvalue weighted by atomic mass is 16.5. The molecule has 2 N–H and O–H groups in total. The first-order valence-corrected chi connectivity index (χ1v) is 7.97. The second kappa shape index (κ2) is 6.93. The van der Waals surface area contributed by atoms with E-state index in [0.717, 1.165) is 12.0 Å². The van der Waals surface area contributed by atoms with Crippen LogP contribution in [0.2, 0.25) is 0 Å². The molecule has 0 bridgehead atoms. The third kappa shape index (κ3) is 3.47. The van der Waals surface area contributed by atoms with Crippen LogP contribution in [0.1, 0.15) is 17.9 Å². The number of ether oxygens (including phenoxy) is 3. The molecular weight excluding hydrogens is 322 g/mol. The molecule has 6 nitrogen and oxygen atoms in total. The number of benzene rings is 2. The molecule has 0 saturated heterocycles. The minimum Gasteiger partial charge on any atom is -0.508 e. The Hall–Kier alpha value is -2.89. The molecule has 0 spiro atoms. The van der Waals surface area contributed by atoms with Crippen molar-refractivity contribution in [1.82, 2.24) is 0 Å². The SMILES string of the molecule is COc1cc([C@H]2C[C@H]2C(=O)Nc2cccc(O)c2)cc(OC)c1OC. The highest BCUT2D eigenvalue weighted by molar-refractivity contribution is 5.95. The number of anilines is 1. The monoisotopic (exact) mass is 343 g/mol. The van der Waals surface area contributed by atoms with Gasteiger partial charge in [-0.1, -0.05) is 6.07 Å². The lowest BCUT2D eigenvalue weighted by molar-refractivity contribution is -0.117. The lowest BCUT2D eigenvalue weighted by Crippen LogP contribution is -2.14. The predicted molar refractivity (Wildman–Crippen MR) is 93.7 cm³/mol. The zero-order chi connectivity index (χ0) is 18.0. The van der Waals surface area contributed by atoms with Crippen LogP contribution in [-0.2, 0) is 4.79 Å². The number of nitrogens with one attached hydrogen (secondary N) is 1. The Kier molecular flexibility index (Phi) is 4.70. The zero-order valence-electron chi connectivity index (χ0n) is 14.4. The van der Waals surface area contributed by atoms with E-state index in [9.17, 15) is 9.90 Å². The first kappa shape index (κ1) is 17.0. The highest BCUT2D eigenvalue weighted by Crippen LogP contribution is 2.51. The van der Waals surface area contributed by atoms with E-state index in [0.29, 0.717) is 22.9 Å². The molecule has 0 heterocycles. The second-order valence-corrected chi connectivity index (χ2v) is 5.95. The van der Waals surface area contributed by atoms with Crippen LogP contribution in [0, 0.1) is 5.92 Å². The maximum Gasteiger partial charge on any atom is 0.228 e. The molecule has 1 aliphatic rings. The summed E-state index contributed by atoms with van der Waals surface area (Å²) in [6.45, 7) is 0. The van der Waals surface area contributed by atoms with Crippen molar-refractivity contribution in [3.05, 3.63) is 42.0 Å². The molecule has 0 aromatic heterocycles. The number of phenolic OH excluding ortho intramolecular Hbond substituents is 1. The molecule has 132 valence electrons. The Morgan fingerprint density at radius 2 is 1.76 bits per heavy atom. The van der Waals surface area contributed by atoms with Gasteiger partial charge < -0.3 is 24.6 Å². The summed E-state index contributed by atoms with van der Waals surface area (Å²) in [4.78, 5) is 12.4. The van der Waals surface area contributed by atoms with Crippen molar-refractivity contribution in [3.8, 4) is 23.0 Å². The van der Waals surface area contributed by atoms with Crippen LogP contribution >= 0.6 is 0 Å². The fourth-order valence-electron chi connectivity index (χ4n) is 2.99. The largest absolute Gasteiger partial charge is 0.508 e. The summed E-state index contributed by atoms with van der Waals surface area (Å²) in [5, 5.41) is 12.3. The summed E-state index contributed by atoms with van der Waals surface area (Å²) < 4.78 is 16.1. The molecule has 2 aromatic rings. The molecule has 1 aliphatic carbocycles. The summed E-state index contributed by atoms with van der Waals surface area (Å²) in [5.41, 5.74) is 1.56. The smallest absolute Gasteiger partial charge is 0.228 e. The molecule has 2 atom stereocenters. The molecule has 0 aliphatic heterocycles. The van der Waals surface area contributed by atoms with Crippen LogP contribution in [0.25, 0.3) is 0 Å². The fraction of sp³-hybridized carbons (Fsp3) is 0.316. The highest BCUT2D eigenvalue weighted by Gasteiger charge is 2.44. The Morgan fingerprint density at radius 1 is 1.08 bits per heavy atom. The average Bonchev–Trinajstić information content (AvgIpc) is 3.41. The molecule has 3 rings (SSSR count). The van der Waals surface area contributed by atoms with Crippen LogP contribution in [-0.4, -0.2) is 32.3 Å². The minimum atomic E-state index is -0.120. The van der Waals surface area contributed by atoms with Crippen LogP contribution in [0.15, 0.2) is 36.4 Å². The van der Waals surface area contributed by atoms with Crippen LogP contribution in [0.5, 0.6) is 23.0 Å². The summed E-state index contributed by atoms with van der Waals surface area (Å²) in [7, 11) is 4.70. The number of aromatic hydroxyl groups is 1. The summed E-state index contributed by atoms with van der Waals surface area (Å²) in [5.74, 6) is 1.73. The Labute approximate surface area is 146 Å². The average molecular weight is 343 g/mol. The van der Waals surface area contributed by atoms with Gasteiger partial charge >= 0.3 is 0 Å². The maximum absolute atomic E-state index is 12.4. The second-order valence-electron chi connectivity index (χ2n) is 5.95. The molecule has 0 radical (unpaired) electrons. The van der Waals surface area contributed by atoms with Crippen molar-refractivity contribution in [3.63, 3.8) is 0 Å². The number of methoxy groups -OCH3 is 3. The molecular formula is C19H21NO5. The van der Waals surface area contributed by atoms with Gasteiger partial charge in [0.1, 0.15) is 5.75 Å². The van der Waals surface area contributed by atoms with Crippen molar-refractivity contribution in [2.24, 2.45) is 5.92 Å². The third-order valence-electron chi connectivity index (χ3n) is 4.36. The number of carbonyl (C=O) groups excluding carboxylic acids is 1. The van der Waals surface area contributed by atoms with E-state index < -0.39 is 0 Å². The van der Waals surface area contributed by atoms with Crippen molar-refractivity contribution < 1.29 is 24.1 Å². The normalized spacial score (nSPS) is 18.4. The van der Waals surface area contributed by atoms with E-state index in [1.54, 1.807) is 39.5 Å². The van der Waals surface area contributed by atoms with E-state index in [4.69, 9.17) is 14.2 Å². The molecule has 6 heteroatoms. The van der Waals surface area contributed by atoms with Gasteiger partial charge in [-0.3, -0.25) is 4.79 Å². The number of carbonyl (C=O) groups is 1. The van der Waals surface area contributed by atoms with E-state index in [2.05, 4.69) is 5.32 Å². The van der Waals surface area contributed by atoms with Gasteiger partial charge in [-0.15, -0.1) is 0 Å². The summed E-state index contributed by atoms with van der Waals surface area (Å²) in [6.07, 6.45) is 0.753. The van der Waals surface area contributed by atoms with Gasteiger partial charge in [-0.25, -0.2) is 0 Å². The van der Waals surface area contributed by atoms with E-state index in [1.807, 2.05) is 12.1 Å². The van der Waals surface area contributed by atoms with Crippen molar-refractivity contribution in [2.45, 2.75) is 12.3 Å². The van der Waals surface area contributed by atoms with Gasteiger partial charge in [0.25, 0.3) is 0 Å². The van der Waals surface area contributed by atoms with Gasteiger partial charge in [-0.2, -0.15) is 0 Å². The first-order valence-electron chi connectivity index (χ1n) is 7.97. The first-order chi connectivity index (χ1) is 12.1. The molecule has 1 fully saturated rings. The van der Waals surface area contributed by atoms with Gasteiger partial charge in [0.15, 0.2) is 11.5 Å². The number of hydrogen-bond acceptors (Lipinski definition) is 5. The van der Waals surface area contributed by atoms with E-state index in [1.165, 1.54) is 6.07 Å². The quantitative estimate of drug-likeness (QED) is 0.842. The van der Waals surface area contributed by atoms with E-state index >= 15 is 0 Å². The van der Waals surface area contributed by atoms with Crippen LogP contribution < -0.4 is 19.5 Å². The fourth-order valence-corrected chi connectivity index (χ4v) is 2.99. The molecule has 1 amide bonds. The lowest BCUT2D eigenvalue weighted by Gasteiger charge is -2.14. The number of phenols is 1. The zero-order valence-corrected chi connectivity index (χ0v) is 14.4. The summed E-state index contributed by atoms with van der Waals surface area (Å²) >= 11 is 0. The number of rotatable bonds is 6. The molecule has 1 saturated carbocycles. The maximum atomic E-state index is 12.4. The van der Waals surface area contributed by atoms with Gasteiger partial charge in [0.05, 0.1) is 21.3 Å². The third-order valence-corrected chi connectivity index (χ3v) is 4.36. The summed E-state index contributed by atoms with van der Waals surface area (Å²) in [6, 6.07) is 10.3. The Balaban J connectivity index is 1.75. The van der Waals surface area contributed by atoms with Gasteiger partial charge in [-0.05, 0) is 42.2 Å². The molecule has 0 unspecified atom stereocenters. The van der Waals surface area contributed by atoms with Crippen molar-refractivity contribution in [2.75, 3.05) is 26.6 Å². The predicted octanol–water partition coefficient (Wildman–Crippen LogP) is 3.16. The number of amides is 1. The topological polar surface area (TPSA) is 77.0 Å². The standard InChI is InChI=1S/C19H21NO5/c1-23-16-7-11(8-17(24-2)18(16)25-3)14-10-15(14)19(22)20-12-5-4-6-13(21)9-12/h4-9,14-15,21H,10H2,1-3H3,(H,20,22)/t14-,15-/m1/s1. The molecule has 25 heavy (non-hydrogen) atoms. The lowest BCUT2D eigenvalue weighted by atomic mass is 10.1. The van der Waals surface area contributed by atoms with Crippen molar-refractivity contribution in [1.29, 1.82) is 0 Å². The van der Waals surface area contributed by atoms with E-state index in [-0.39, 0.29) is 23.5 Å². The van der Waals surface area contributed by atoms with Crippen LogP contribution in [0.4, 0.5) is 5.69 Å². The Morgan fingerprint density at radius 3 is 2.32 bits per heavy atom. The minimum absolute atomic E-state index is 0.0654. The van der Waals surface area contributed by atoms with Crippen LogP contribution in [0.3, 0.4) is 0 Å². The number of hydrogen-bond donors (Lipinski definition) is 2. The van der Waals surface area contributed by atoms with Crippen molar-refractivity contribution >= 4 is 11.6 Å². The Bertz CT molecular complexity index is 764. The van der Waals surface area contributed by atoms with Gasteiger partial charge in [0, 0.05) is 17.7 Å². The molecule has 2 aromatic carbocycles. The van der Waals surface area contributed by atoms with Gasteiger partial charge in [0.2, 0.25) is 11.7 Å².